The van der Waals surface area contributed by atoms with Gasteiger partial charge in [-0.25, -0.2) is 0 Å². The number of aromatic hydroxyl groups is 1. The van der Waals surface area contributed by atoms with Gasteiger partial charge >= 0.3 is 16.8 Å². The van der Waals surface area contributed by atoms with Crippen molar-refractivity contribution in [3.05, 3.63) is 44.4 Å². The number of thioether (sulfide) groups is 1. The Bertz CT molecular complexity index is 1090. The van der Waals surface area contributed by atoms with Crippen LogP contribution in [0.2, 0.25) is 0 Å². The van der Waals surface area contributed by atoms with E-state index in [-0.39, 0.29) is 62.8 Å². The van der Waals surface area contributed by atoms with Gasteiger partial charge in [0.05, 0.1) is 16.9 Å². The number of aromatic amines is 1. The molecule has 2 aliphatic carbocycles. The molecule has 6 rings (SSSR count). The first kappa shape index (κ1) is 16.9. The Balaban J connectivity index is 1.56. The number of thiazole rings is 1. The topological polar surface area (TPSA) is 96.5 Å². The molecule has 28 heavy (non-hydrogen) atoms. The van der Waals surface area contributed by atoms with Crippen molar-refractivity contribution in [2.24, 2.45) is 29.6 Å². The number of H-pyrrole nitrogens is 1. The summed E-state index contributed by atoms with van der Waals surface area (Å²) < 4.78 is 4.75. The van der Waals surface area contributed by atoms with Gasteiger partial charge in [0.25, 0.3) is 0 Å². The molecule has 7 atom stereocenters. The lowest BCUT2D eigenvalue weighted by Crippen LogP contribution is -2.50. The van der Waals surface area contributed by atoms with E-state index in [1.54, 1.807) is 23.9 Å². The summed E-state index contributed by atoms with van der Waals surface area (Å²) >= 11 is 2.88. The van der Waals surface area contributed by atoms with Crippen molar-refractivity contribution >= 4 is 35.0 Å². The molecule has 1 aromatic carbocycles. The fraction of sp³-hybridized carbons (Fsp3) is 0.450. The highest BCUT2D eigenvalue weighted by atomic mass is 32.2. The molecule has 2 aromatic rings. The van der Waals surface area contributed by atoms with Gasteiger partial charge in [0.15, 0.2) is 0 Å². The van der Waals surface area contributed by atoms with Gasteiger partial charge < -0.3 is 14.8 Å². The van der Waals surface area contributed by atoms with E-state index < -0.39 is 0 Å². The SMILES string of the molecule is CC12Sc3[nH]c(=O)sc3C(c3ccc(O)cc3)C1C1CC2C2C(=O)OC(=O)C12. The van der Waals surface area contributed by atoms with E-state index in [0.29, 0.717) is 0 Å². The Morgan fingerprint density at radius 1 is 1.14 bits per heavy atom. The van der Waals surface area contributed by atoms with Crippen molar-refractivity contribution in [3.63, 3.8) is 0 Å². The number of carbonyl (C=O) groups is 2. The number of phenolic OH excluding ortho intramolecular Hbond substituents is 1. The summed E-state index contributed by atoms with van der Waals surface area (Å²) in [5.41, 5.74) is 1.02. The van der Waals surface area contributed by atoms with Crippen LogP contribution in [0, 0.1) is 29.6 Å². The maximum atomic E-state index is 12.4. The van der Waals surface area contributed by atoms with Crippen LogP contribution < -0.4 is 4.87 Å². The van der Waals surface area contributed by atoms with Gasteiger partial charge in [0.2, 0.25) is 0 Å². The van der Waals surface area contributed by atoms with Crippen molar-refractivity contribution in [1.29, 1.82) is 0 Å². The Labute approximate surface area is 168 Å². The minimum absolute atomic E-state index is 0.0487. The monoisotopic (exact) mass is 415 g/mol. The number of cyclic esters (lactones) is 2. The van der Waals surface area contributed by atoms with Crippen molar-refractivity contribution in [2.45, 2.75) is 29.0 Å². The van der Waals surface area contributed by atoms with Crippen LogP contribution in [0.4, 0.5) is 0 Å². The zero-order chi connectivity index (χ0) is 19.4. The van der Waals surface area contributed by atoms with Crippen molar-refractivity contribution in [1.82, 2.24) is 4.98 Å². The van der Waals surface area contributed by atoms with Crippen LogP contribution in [0.25, 0.3) is 0 Å². The fourth-order valence-electron chi connectivity index (χ4n) is 6.36. The molecule has 8 heteroatoms. The number of aromatic nitrogens is 1. The average molecular weight is 415 g/mol. The van der Waals surface area contributed by atoms with Gasteiger partial charge in [-0.2, -0.15) is 0 Å². The molecular formula is C20H17NO5S2. The smallest absolute Gasteiger partial charge is 0.317 e. The lowest BCUT2D eigenvalue weighted by molar-refractivity contribution is -0.154. The highest BCUT2D eigenvalue weighted by Crippen LogP contribution is 2.73. The van der Waals surface area contributed by atoms with Gasteiger partial charge in [-0.05, 0) is 48.8 Å². The first-order valence-electron chi connectivity index (χ1n) is 9.35. The number of benzene rings is 1. The van der Waals surface area contributed by atoms with E-state index in [0.717, 1.165) is 21.9 Å². The normalized spacial score (nSPS) is 40.2. The number of hydrogen-bond acceptors (Lipinski definition) is 7. The third-order valence-corrected chi connectivity index (χ3v) is 9.91. The number of nitrogens with one attached hydrogen (secondary N) is 1. The highest BCUT2D eigenvalue weighted by Gasteiger charge is 2.73. The molecular weight excluding hydrogens is 398 g/mol. The zero-order valence-electron chi connectivity index (χ0n) is 14.9. The van der Waals surface area contributed by atoms with Crippen LogP contribution in [0.3, 0.4) is 0 Å². The van der Waals surface area contributed by atoms with Crippen LogP contribution in [0.15, 0.2) is 34.1 Å². The molecule has 3 heterocycles. The molecule has 2 bridgehead atoms. The predicted molar refractivity (Wildman–Crippen MR) is 102 cm³/mol. The number of ether oxygens (including phenoxy) is 1. The van der Waals surface area contributed by atoms with Gasteiger partial charge in [-0.15, -0.1) is 11.8 Å². The van der Waals surface area contributed by atoms with Crippen LogP contribution in [-0.2, 0) is 14.3 Å². The van der Waals surface area contributed by atoms with E-state index in [4.69, 9.17) is 4.74 Å². The first-order valence-corrected chi connectivity index (χ1v) is 11.0. The minimum Gasteiger partial charge on any atom is -0.508 e. The van der Waals surface area contributed by atoms with E-state index in [2.05, 4.69) is 11.9 Å². The largest absolute Gasteiger partial charge is 0.508 e. The quantitative estimate of drug-likeness (QED) is 0.549. The molecule has 2 saturated carbocycles. The molecule has 6 nitrogen and oxygen atoms in total. The van der Waals surface area contributed by atoms with E-state index >= 15 is 0 Å². The lowest BCUT2D eigenvalue weighted by Gasteiger charge is -2.49. The molecule has 1 aromatic heterocycles. The second kappa shape index (κ2) is 5.30. The minimum atomic E-state index is -0.382. The molecule has 144 valence electrons. The second-order valence-electron chi connectivity index (χ2n) is 8.39. The third kappa shape index (κ3) is 1.92. The van der Waals surface area contributed by atoms with Crippen LogP contribution >= 0.6 is 23.1 Å². The summed E-state index contributed by atoms with van der Waals surface area (Å²) in [5.74, 6) is -1.14. The predicted octanol–water partition coefficient (Wildman–Crippen LogP) is 2.72. The Kier molecular flexibility index (Phi) is 3.19. The molecule has 0 spiro atoms. The maximum Gasteiger partial charge on any atom is 0.317 e. The van der Waals surface area contributed by atoms with Crippen molar-refractivity contribution in [3.8, 4) is 5.75 Å². The van der Waals surface area contributed by atoms with Crippen LogP contribution in [-0.4, -0.2) is 26.8 Å². The van der Waals surface area contributed by atoms with Crippen molar-refractivity contribution in [2.75, 3.05) is 0 Å². The van der Waals surface area contributed by atoms with E-state index in [9.17, 15) is 19.5 Å². The summed E-state index contributed by atoms with van der Waals surface area (Å²) in [6, 6.07) is 7.11. The summed E-state index contributed by atoms with van der Waals surface area (Å²) in [4.78, 5) is 40.9. The molecule has 0 radical (unpaired) electrons. The van der Waals surface area contributed by atoms with E-state index in [1.165, 1.54) is 11.3 Å². The summed E-state index contributed by atoms with van der Waals surface area (Å²) in [7, 11) is 0. The third-order valence-electron chi connectivity index (χ3n) is 7.27. The fourth-order valence-corrected chi connectivity index (χ4v) is 9.23. The second-order valence-corrected chi connectivity index (χ2v) is 10.9. The average Bonchev–Trinajstić information content (AvgIpc) is 3.34. The van der Waals surface area contributed by atoms with Crippen LogP contribution in [0.5, 0.6) is 5.75 Å². The summed E-state index contributed by atoms with van der Waals surface area (Å²) in [6.45, 7) is 2.17. The summed E-state index contributed by atoms with van der Waals surface area (Å²) in [5, 5.41) is 10.6. The number of carbonyl (C=O) groups excluding carboxylic acids is 2. The molecule has 7 unspecified atom stereocenters. The van der Waals surface area contributed by atoms with Gasteiger partial charge in [0, 0.05) is 15.5 Å². The van der Waals surface area contributed by atoms with Crippen LogP contribution in [0.1, 0.15) is 29.7 Å². The maximum absolute atomic E-state index is 12.4. The lowest BCUT2D eigenvalue weighted by atomic mass is 9.63. The molecule has 4 aliphatic rings. The summed E-state index contributed by atoms with van der Waals surface area (Å²) in [6.07, 6.45) is 0.831. The molecule has 2 aliphatic heterocycles. The Morgan fingerprint density at radius 3 is 2.61 bits per heavy atom. The molecule has 1 saturated heterocycles. The Hall–Kier alpha value is -2.06. The number of hydrogen-bond donors (Lipinski definition) is 2. The van der Waals surface area contributed by atoms with Gasteiger partial charge in [0.1, 0.15) is 5.75 Å². The Morgan fingerprint density at radius 2 is 1.86 bits per heavy atom. The molecule has 2 N–H and O–H groups in total. The highest BCUT2D eigenvalue weighted by molar-refractivity contribution is 8.00. The van der Waals surface area contributed by atoms with E-state index in [1.807, 2.05) is 12.1 Å². The van der Waals surface area contributed by atoms with Gasteiger partial charge in [-0.3, -0.25) is 14.4 Å². The molecule has 0 amide bonds. The van der Waals surface area contributed by atoms with Gasteiger partial charge in [-0.1, -0.05) is 23.5 Å². The first-order chi connectivity index (χ1) is 13.4. The number of rotatable bonds is 1. The van der Waals surface area contributed by atoms with Crippen molar-refractivity contribution < 1.29 is 19.4 Å². The zero-order valence-corrected chi connectivity index (χ0v) is 16.5. The molecule has 3 fully saturated rings. The number of phenols is 1. The number of fused-ring (bicyclic) bond motifs is 9. The number of esters is 2. The standard InChI is InChI=1S/C20H17NO5S2/c1-20-10-6-9(12-13(10)18(24)26-17(12)23)14(20)11(7-2-4-8(22)5-3-7)15-16(28-20)21-19(25)27-15/h2-5,9-14,22H,6H2,1H3,(H,21,25).